The molecule has 1 aliphatic carbocycles. The molecule has 3 aliphatic heterocycles. The van der Waals surface area contributed by atoms with Gasteiger partial charge < -0.3 is 14.4 Å². The number of carbonyl (C=O) groups is 2. The van der Waals surface area contributed by atoms with Gasteiger partial charge in [-0.05, 0) is 68.7 Å². The van der Waals surface area contributed by atoms with Crippen LogP contribution in [-0.2, 0) is 11.2 Å². The van der Waals surface area contributed by atoms with Crippen LogP contribution >= 0.6 is 12.4 Å². The zero-order valence-corrected chi connectivity index (χ0v) is 28.6. The largest absolute Gasteiger partial charge is 0.493 e. The molecule has 0 unspecified atom stereocenters. The molecule has 3 aromatic carbocycles. The first-order valence-corrected chi connectivity index (χ1v) is 16.6. The molecule has 4 aliphatic rings. The number of hydrazone groups is 1. The van der Waals surface area contributed by atoms with Gasteiger partial charge in [-0.2, -0.15) is 5.10 Å². The predicted octanol–water partition coefficient (Wildman–Crippen LogP) is 6.64. The van der Waals surface area contributed by atoms with Gasteiger partial charge in [0.05, 0.1) is 24.4 Å². The number of fused-ring (bicyclic) bond motifs is 2. The lowest BCUT2D eigenvalue weighted by molar-refractivity contribution is -0.123. The van der Waals surface area contributed by atoms with Gasteiger partial charge in [-0.1, -0.05) is 54.6 Å². The second-order valence-corrected chi connectivity index (χ2v) is 13.4. The predicted molar refractivity (Wildman–Crippen MR) is 192 cm³/mol. The molecule has 7 rings (SSSR count). The highest BCUT2D eigenvalue weighted by Crippen LogP contribution is 2.46. The summed E-state index contributed by atoms with van der Waals surface area (Å²) in [6, 6.07) is 21.6. The van der Waals surface area contributed by atoms with Gasteiger partial charge in [-0.25, -0.2) is 5.01 Å². The SMILES string of the molecule is COc1ccc(C2=NN(c3ccc(C(=O)N4CCN(C/C=C/c5ccccc5)CC4)cc3)C(=O)[C@@H]3CC=CC[C@H]23)c2c1OC(C)(C)C2.Cl. The van der Waals surface area contributed by atoms with Gasteiger partial charge in [0, 0.05) is 61.8 Å². The Labute approximate surface area is 289 Å². The standard InChI is InChI=1S/C39H42N4O4.ClH/c1-39(2)26-33-31(19-20-34(46-3)36(33)47-39)35-30-13-7-8-14-32(30)38(45)43(40-35)29-17-15-28(16-18-29)37(44)42-24-22-41(23-25-42)21-9-12-27-10-5-4-6-11-27;/h4-12,15-20,30,32H,13-14,21-26H2,1-3H3;1H/b12-9+;/t30-,32+;/m0./s1. The van der Waals surface area contributed by atoms with Crippen molar-refractivity contribution in [2.45, 2.75) is 38.7 Å². The number of carbonyl (C=O) groups excluding carboxylic acids is 2. The smallest absolute Gasteiger partial charge is 0.253 e. The van der Waals surface area contributed by atoms with Crippen LogP contribution in [0.25, 0.3) is 6.08 Å². The molecule has 1 saturated heterocycles. The first kappa shape index (κ1) is 33.5. The van der Waals surface area contributed by atoms with E-state index in [1.807, 2.05) is 53.4 Å². The van der Waals surface area contributed by atoms with Crippen molar-refractivity contribution < 1.29 is 19.1 Å². The summed E-state index contributed by atoms with van der Waals surface area (Å²) in [5, 5.41) is 6.59. The van der Waals surface area contributed by atoms with E-state index in [2.05, 4.69) is 61.3 Å². The summed E-state index contributed by atoms with van der Waals surface area (Å²) in [5.74, 6) is 1.25. The highest BCUT2D eigenvalue weighted by molar-refractivity contribution is 6.12. The van der Waals surface area contributed by atoms with Crippen molar-refractivity contribution in [3.05, 3.63) is 107 Å². The van der Waals surface area contributed by atoms with Crippen molar-refractivity contribution >= 4 is 41.7 Å². The van der Waals surface area contributed by atoms with Gasteiger partial charge in [0.2, 0.25) is 0 Å². The van der Waals surface area contributed by atoms with Gasteiger partial charge in [0.25, 0.3) is 11.8 Å². The summed E-state index contributed by atoms with van der Waals surface area (Å²) < 4.78 is 12.0. The number of hydrogen-bond donors (Lipinski definition) is 0. The molecule has 48 heavy (non-hydrogen) atoms. The third-order valence-electron chi connectivity index (χ3n) is 9.71. The van der Waals surface area contributed by atoms with Crippen LogP contribution in [0.4, 0.5) is 5.69 Å². The van der Waals surface area contributed by atoms with Crippen LogP contribution in [0.1, 0.15) is 53.7 Å². The summed E-state index contributed by atoms with van der Waals surface area (Å²) in [6.45, 7) is 8.04. The van der Waals surface area contributed by atoms with Crippen molar-refractivity contribution in [1.29, 1.82) is 0 Å². The zero-order chi connectivity index (χ0) is 32.5. The monoisotopic (exact) mass is 666 g/mol. The molecule has 250 valence electrons. The Morgan fingerprint density at radius 1 is 0.958 bits per heavy atom. The van der Waals surface area contributed by atoms with E-state index in [4.69, 9.17) is 14.6 Å². The van der Waals surface area contributed by atoms with Crippen molar-refractivity contribution in [2.75, 3.05) is 44.8 Å². The molecular weight excluding hydrogens is 624 g/mol. The minimum Gasteiger partial charge on any atom is -0.493 e. The Hall–Kier alpha value is -4.40. The van der Waals surface area contributed by atoms with Gasteiger partial charge in [-0.15, -0.1) is 12.4 Å². The van der Waals surface area contributed by atoms with Crippen LogP contribution in [0, 0.1) is 11.8 Å². The number of allylic oxidation sites excluding steroid dienone is 2. The second-order valence-electron chi connectivity index (χ2n) is 13.4. The van der Waals surface area contributed by atoms with E-state index >= 15 is 0 Å². The van der Waals surface area contributed by atoms with E-state index in [0.29, 0.717) is 36.5 Å². The first-order chi connectivity index (χ1) is 22.8. The van der Waals surface area contributed by atoms with Crippen LogP contribution in [-0.4, -0.2) is 72.8 Å². The molecule has 2 atom stereocenters. The van der Waals surface area contributed by atoms with Crippen LogP contribution < -0.4 is 14.5 Å². The molecule has 0 saturated carbocycles. The van der Waals surface area contributed by atoms with E-state index in [0.717, 1.165) is 55.1 Å². The van der Waals surface area contributed by atoms with Gasteiger partial charge in [0.1, 0.15) is 5.60 Å². The minimum atomic E-state index is -0.364. The Morgan fingerprint density at radius 3 is 2.38 bits per heavy atom. The summed E-state index contributed by atoms with van der Waals surface area (Å²) in [6.07, 6.45) is 10.7. The fourth-order valence-corrected chi connectivity index (χ4v) is 7.21. The van der Waals surface area contributed by atoms with E-state index in [-0.39, 0.29) is 41.7 Å². The second kappa shape index (κ2) is 14.0. The minimum absolute atomic E-state index is 0. The number of anilines is 1. The number of methoxy groups -OCH3 is 1. The summed E-state index contributed by atoms with van der Waals surface area (Å²) >= 11 is 0. The molecule has 3 heterocycles. The van der Waals surface area contributed by atoms with Gasteiger partial charge in [0.15, 0.2) is 11.5 Å². The van der Waals surface area contributed by atoms with Crippen molar-refractivity contribution in [3.63, 3.8) is 0 Å². The molecule has 8 nitrogen and oxygen atoms in total. The lowest BCUT2D eigenvalue weighted by Crippen LogP contribution is -2.48. The average Bonchev–Trinajstić information content (AvgIpc) is 3.44. The molecule has 0 N–H and O–H groups in total. The quantitative estimate of drug-likeness (QED) is 0.265. The first-order valence-electron chi connectivity index (χ1n) is 16.6. The van der Waals surface area contributed by atoms with Crippen LogP contribution in [0.5, 0.6) is 11.5 Å². The van der Waals surface area contributed by atoms with E-state index in [9.17, 15) is 9.59 Å². The summed E-state index contributed by atoms with van der Waals surface area (Å²) in [4.78, 5) is 31.6. The lowest BCUT2D eigenvalue weighted by atomic mass is 9.75. The highest BCUT2D eigenvalue weighted by atomic mass is 35.5. The fourth-order valence-electron chi connectivity index (χ4n) is 7.21. The molecule has 3 aromatic rings. The fraction of sp³-hybridized carbons (Fsp3) is 0.359. The number of halogens is 1. The Balaban J connectivity index is 0.00000401. The number of nitrogens with zero attached hydrogens (tertiary/aromatic N) is 4. The average molecular weight is 667 g/mol. The zero-order valence-electron chi connectivity index (χ0n) is 27.8. The van der Waals surface area contributed by atoms with Crippen molar-refractivity contribution in [2.24, 2.45) is 16.9 Å². The highest BCUT2D eigenvalue weighted by Gasteiger charge is 2.43. The molecule has 0 spiro atoms. The van der Waals surface area contributed by atoms with Crippen LogP contribution in [0.15, 0.2) is 90.1 Å². The van der Waals surface area contributed by atoms with Crippen LogP contribution in [0.2, 0.25) is 0 Å². The number of amides is 2. The Kier molecular flexibility index (Phi) is 9.76. The van der Waals surface area contributed by atoms with E-state index < -0.39 is 0 Å². The topological polar surface area (TPSA) is 74.7 Å². The van der Waals surface area contributed by atoms with Gasteiger partial charge >= 0.3 is 0 Å². The third kappa shape index (κ3) is 6.64. The number of ether oxygens (including phenoxy) is 2. The number of rotatable bonds is 7. The molecule has 2 amide bonds. The maximum absolute atomic E-state index is 13.9. The maximum atomic E-state index is 13.9. The summed E-state index contributed by atoms with van der Waals surface area (Å²) in [5.41, 5.74) is 5.09. The third-order valence-corrected chi connectivity index (χ3v) is 9.71. The van der Waals surface area contributed by atoms with Crippen molar-refractivity contribution in [1.82, 2.24) is 9.80 Å². The Morgan fingerprint density at radius 2 is 1.67 bits per heavy atom. The normalized spacial score (nSPS) is 21.6. The molecule has 0 radical (unpaired) electrons. The van der Waals surface area contributed by atoms with Crippen LogP contribution in [0.3, 0.4) is 0 Å². The van der Waals surface area contributed by atoms with Gasteiger partial charge in [-0.3, -0.25) is 14.5 Å². The molecular formula is C39H43ClN4O4. The van der Waals surface area contributed by atoms with E-state index in [1.165, 1.54) is 5.56 Å². The molecule has 0 bridgehead atoms. The van der Waals surface area contributed by atoms with Crippen molar-refractivity contribution in [3.8, 4) is 11.5 Å². The Bertz CT molecular complexity index is 1740. The number of piperazine rings is 1. The maximum Gasteiger partial charge on any atom is 0.253 e. The number of hydrogen-bond acceptors (Lipinski definition) is 6. The van der Waals surface area contributed by atoms with E-state index in [1.54, 1.807) is 12.1 Å². The lowest BCUT2D eigenvalue weighted by Gasteiger charge is -2.37. The number of benzene rings is 3. The molecule has 9 heteroatoms. The molecule has 1 fully saturated rings. The molecule has 0 aromatic heterocycles. The summed E-state index contributed by atoms with van der Waals surface area (Å²) in [7, 11) is 1.66.